The quantitative estimate of drug-likeness (QED) is 0.271. The highest BCUT2D eigenvalue weighted by Crippen LogP contribution is 2.44. The third-order valence-electron chi connectivity index (χ3n) is 9.07. The molecular weight excluding hydrogens is 614 g/mol. The zero-order chi connectivity index (χ0) is 33.8. The number of rotatable bonds is 5. The van der Waals surface area contributed by atoms with Crippen molar-refractivity contribution in [3.8, 4) is 6.07 Å². The molecule has 256 valence electrons. The van der Waals surface area contributed by atoms with Gasteiger partial charge in [0, 0.05) is 12.8 Å². The minimum absolute atomic E-state index is 0.0133. The molecule has 3 aromatic rings. The van der Waals surface area contributed by atoms with Gasteiger partial charge in [-0.15, -0.1) is 0 Å². The fraction of sp³-hybridized carbons (Fsp3) is 0.556. The lowest BCUT2D eigenvalue weighted by Gasteiger charge is -2.28. The smallest absolute Gasteiger partial charge is 0.310 e. The van der Waals surface area contributed by atoms with E-state index >= 15 is 0 Å². The minimum Gasteiger partial charge on any atom is -0.463 e. The fourth-order valence-electron chi connectivity index (χ4n) is 6.51. The first-order chi connectivity index (χ1) is 23.4. The number of benzene rings is 1. The molecule has 12 heteroatoms. The van der Waals surface area contributed by atoms with Gasteiger partial charge in [0.05, 0.1) is 12.1 Å². The zero-order valence-corrected chi connectivity index (χ0v) is 27.4. The van der Waals surface area contributed by atoms with Crippen LogP contribution in [0.25, 0.3) is 5.52 Å². The van der Waals surface area contributed by atoms with Crippen LogP contribution in [-0.4, -0.2) is 57.4 Å². The Hall–Kier alpha value is -4.50. The number of nitrogens with two attached hydrogens (primary N) is 1. The van der Waals surface area contributed by atoms with Gasteiger partial charge in [-0.1, -0.05) is 94.5 Å². The standard InChI is InChI=1S/C36H45N5O7/c37-24-36(29-21-20-27-35(38)39-25-40-41(27)29)34-33(28(48-36)23-45-32(44)22-26-16-12-11-13-17-26)46-30(42)18-14-9-7-5-3-1-2-4-6-8-10-15-19-31(43)47-34/h11-13,16-17,20-21,25,28,33-34H,1-10,14-15,18-19,22-23H2,(H2,38,39,40)/t28-,33-,34-,36+/m1/s1. The van der Waals surface area contributed by atoms with E-state index in [-0.39, 0.29) is 37.4 Å². The Bertz CT molecular complexity index is 1570. The third kappa shape index (κ3) is 8.69. The highest BCUT2D eigenvalue weighted by atomic mass is 16.7. The van der Waals surface area contributed by atoms with Gasteiger partial charge in [0.2, 0.25) is 5.60 Å². The summed E-state index contributed by atoms with van der Waals surface area (Å²) < 4.78 is 25.5. The Morgan fingerprint density at radius 3 is 2.12 bits per heavy atom. The summed E-state index contributed by atoms with van der Waals surface area (Å²) in [4.78, 5) is 43.6. The van der Waals surface area contributed by atoms with E-state index in [2.05, 4.69) is 16.2 Å². The predicted octanol–water partition coefficient (Wildman–Crippen LogP) is 5.51. The lowest BCUT2D eigenvalue weighted by atomic mass is 9.92. The highest BCUT2D eigenvalue weighted by Gasteiger charge is 2.62. The molecule has 0 radical (unpaired) electrons. The van der Waals surface area contributed by atoms with Gasteiger partial charge in [-0.3, -0.25) is 14.4 Å². The van der Waals surface area contributed by atoms with Gasteiger partial charge in [-0.2, -0.15) is 10.4 Å². The van der Waals surface area contributed by atoms with Crippen LogP contribution in [0.15, 0.2) is 48.8 Å². The molecule has 0 bridgehead atoms. The summed E-state index contributed by atoms with van der Waals surface area (Å²) in [6.45, 7) is -0.346. The minimum atomic E-state index is -1.98. The van der Waals surface area contributed by atoms with Gasteiger partial charge in [0.1, 0.15) is 30.6 Å². The second-order valence-corrected chi connectivity index (χ2v) is 12.6. The normalized spacial score (nSPS) is 25.3. The van der Waals surface area contributed by atoms with Crippen LogP contribution in [0.3, 0.4) is 0 Å². The van der Waals surface area contributed by atoms with Crippen molar-refractivity contribution in [2.75, 3.05) is 12.3 Å². The maximum Gasteiger partial charge on any atom is 0.310 e. The molecule has 0 saturated carbocycles. The lowest BCUT2D eigenvalue weighted by molar-refractivity contribution is -0.170. The van der Waals surface area contributed by atoms with E-state index in [0.29, 0.717) is 18.4 Å². The molecule has 2 aliphatic heterocycles. The van der Waals surface area contributed by atoms with Crippen LogP contribution in [0, 0.1) is 11.3 Å². The fourth-order valence-corrected chi connectivity index (χ4v) is 6.51. The number of hydrogen-bond acceptors (Lipinski definition) is 11. The summed E-state index contributed by atoms with van der Waals surface area (Å²) in [6, 6.07) is 14.6. The molecule has 2 N–H and O–H groups in total. The third-order valence-corrected chi connectivity index (χ3v) is 9.07. The molecule has 0 spiro atoms. The largest absolute Gasteiger partial charge is 0.463 e. The molecule has 4 atom stereocenters. The maximum absolute atomic E-state index is 13.4. The molecule has 0 aliphatic carbocycles. The van der Waals surface area contributed by atoms with Gasteiger partial charge in [0.15, 0.2) is 18.0 Å². The molecule has 0 unspecified atom stereocenters. The van der Waals surface area contributed by atoms with Crippen molar-refractivity contribution in [1.29, 1.82) is 5.26 Å². The van der Waals surface area contributed by atoms with Gasteiger partial charge in [0.25, 0.3) is 0 Å². The molecule has 0 amide bonds. The molecular formula is C36H45N5O7. The summed E-state index contributed by atoms with van der Waals surface area (Å²) in [5.74, 6) is -1.42. The maximum atomic E-state index is 13.4. The second-order valence-electron chi connectivity index (χ2n) is 12.6. The topological polar surface area (TPSA) is 168 Å². The average molecular weight is 660 g/mol. The van der Waals surface area contributed by atoms with Gasteiger partial charge >= 0.3 is 17.9 Å². The number of ether oxygens (including phenoxy) is 4. The Morgan fingerprint density at radius 1 is 0.896 bits per heavy atom. The van der Waals surface area contributed by atoms with Crippen LogP contribution in [-0.2, 0) is 45.4 Å². The Morgan fingerprint density at radius 2 is 1.50 bits per heavy atom. The molecule has 5 rings (SSSR count). The SMILES string of the molecule is N#C[C@@]1(c2ccc3c(N)ncnn23)O[C@H](COC(=O)Cc2ccccc2)[C@H]2OC(=O)CCCCCCCCCCCCCCC(=O)O[C@H]21. The highest BCUT2D eigenvalue weighted by molar-refractivity contribution is 5.73. The van der Waals surface area contributed by atoms with E-state index in [1.54, 1.807) is 12.1 Å². The van der Waals surface area contributed by atoms with E-state index in [0.717, 1.165) is 44.1 Å². The van der Waals surface area contributed by atoms with Crippen LogP contribution < -0.4 is 5.73 Å². The van der Waals surface area contributed by atoms with Crippen molar-refractivity contribution in [2.45, 2.75) is 120 Å². The number of hydrogen-bond donors (Lipinski definition) is 1. The van der Waals surface area contributed by atoms with Crippen molar-refractivity contribution in [2.24, 2.45) is 0 Å². The first-order valence-electron chi connectivity index (χ1n) is 17.2. The second kappa shape index (κ2) is 17.1. The van der Waals surface area contributed by atoms with Gasteiger partial charge in [-0.25, -0.2) is 9.50 Å². The molecule has 2 fully saturated rings. The Labute approximate surface area is 280 Å². The zero-order valence-electron chi connectivity index (χ0n) is 27.4. The number of nitrogen functional groups attached to an aromatic ring is 1. The predicted molar refractivity (Wildman–Crippen MR) is 175 cm³/mol. The molecule has 48 heavy (non-hydrogen) atoms. The number of carbonyl (C=O) groups excluding carboxylic acids is 3. The first kappa shape index (κ1) is 34.8. The van der Waals surface area contributed by atoms with Crippen molar-refractivity contribution in [3.05, 3.63) is 60.0 Å². The molecule has 2 aliphatic rings. The van der Waals surface area contributed by atoms with Crippen LogP contribution >= 0.6 is 0 Å². The van der Waals surface area contributed by atoms with Crippen LogP contribution in [0.4, 0.5) is 5.82 Å². The summed E-state index contributed by atoms with van der Waals surface area (Å²) in [6.07, 6.45) is 9.86. The Balaban J connectivity index is 1.45. The van der Waals surface area contributed by atoms with Crippen molar-refractivity contribution >= 4 is 29.2 Å². The molecule has 12 nitrogen and oxygen atoms in total. The van der Waals surface area contributed by atoms with Crippen LogP contribution in [0.2, 0.25) is 0 Å². The molecule has 4 heterocycles. The summed E-state index contributed by atoms with van der Waals surface area (Å²) >= 11 is 0. The summed E-state index contributed by atoms with van der Waals surface area (Å²) in [5.41, 5.74) is 5.49. The molecule has 1 aromatic carbocycles. The monoisotopic (exact) mass is 659 g/mol. The summed E-state index contributed by atoms with van der Waals surface area (Å²) in [5, 5.41) is 15.1. The summed E-state index contributed by atoms with van der Waals surface area (Å²) in [7, 11) is 0. The van der Waals surface area contributed by atoms with Crippen LogP contribution in [0.5, 0.6) is 0 Å². The van der Waals surface area contributed by atoms with Crippen LogP contribution in [0.1, 0.15) is 101 Å². The van der Waals surface area contributed by atoms with E-state index in [1.165, 1.54) is 36.5 Å². The molecule has 2 saturated heterocycles. The van der Waals surface area contributed by atoms with E-state index in [9.17, 15) is 19.6 Å². The van der Waals surface area contributed by atoms with Gasteiger partial charge in [-0.05, 0) is 30.5 Å². The first-order valence-corrected chi connectivity index (χ1v) is 17.2. The number of nitrogens with zero attached hydrogens (tertiary/aromatic N) is 4. The number of esters is 3. The van der Waals surface area contributed by atoms with Crippen molar-refractivity contribution < 1.29 is 33.3 Å². The number of fused-ring (bicyclic) bond motifs is 2. The van der Waals surface area contributed by atoms with Crippen molar-refractivity contribution in [3.63, 3.8) is 0 Å². The average Bonchev–Trinajstić information content (AvgIpc) is 3.64. The number of anilines is 1. The van der Waals surface area contributed by atoms with E-state index in [4.69, 9.17) is 24.7 Å². The Kier molecular flexibility index (Phi) is 12.4. The number of nitriles is 1. The number of aromatic nitrogens is 3. The molecule has 2 aromatic heterocycles. The van der Waals surface area contributed by atoms with Gasteiger partial charge < -0.3 is 24.7 Å². The van der Waals surface area contributed by atoms with E-state index < -0.39 is 41.8 Å². The lowest BCUT2D eigenvalue weighted by Crippen LogP contribution is -2.46. The van der Waals surface area contributed by atoms with E-state index in [1.807, 2.05) is 30.3 Å². The van der Waals surface area contributed by atoms with Crippen molar-refractivity contribution in [1.82, 2.24) is 14.6 Å². The number of carbonyl (C=O) groups is 3.